The van der Waals surface area contributed by atoms with Gasteiger partial charge in [0.2, 0.25) is 0 Å². The summed E-state index contributed by atoms with van der Waals surface area (Å²) in [6, 6.07) is 11.1. The Hall–Kier alpha value is -2.93. The molecule has 0 spiro atoms. The van der Waals surface area contributed by atoms with Gasteiger partial charge < -0.3 is 15.1 Å². The Bertz CT molecular complexity index is 985. The Morgan fingerprint density at radius 1 is 1.14 bits per heavy atom. The van der Waals surface area contributed by atoms with Gasteiger partial charge in [-0.05, 0) is 38.0 Å². The lowest BCUT2D eigenvalue weighted by Gasteiger charge is -2.22. The predicted octanol–water partition coefficient (Wildman–Crippen LogP) is 3.21. The summed E-state index contributed by atoms with van der Waals surface area (Å²) in [7, 11) is 0. The van der Waals surface area contributed by atoms with Gasteiger partial charge in [0.05, 0.1) is 29.6 Å². The van der Waals surface area contributed by atoms with Crippen molar-refractivity contribution in [1.82, 2.24) is 19.7 Å². The van der Waals surface area contributed by atoms with Crippen LogP contribution in [0.2, 0.25) is 0 Å². The lowest BCUT2D eigenvalue weighted by Crippen LogP contribution is -2.24. The molecule has 7 nitrogen and oxygen atoms in total. The van der Waals surface area contributed by atoms with E-state index in [2.05, 4.69) is 15.0 Å². The fourth-order valence-electron chi connectivity index (χ4n) is 3.55. The van der Waals surface area contributed by atoms with Crippen molar-refractivity contribution in [3.8, 4) is 17.1 Å². The molecule has 0 saturated heterocycles. The number of aromatic hydroxyl groups is 1. The van der Waals surface area contributed by atoms with E-state index in [1.54, 1.807) is 12.1 Å². The highest BCUT2D eigenvalue weighted by Gasteiger charge is 2.21. The molecular weight excluding hydrogens is 354 g/mol. The van der Waals surface area contributed by atoms with Gasteiger partial charge in [0.1, 0.15) is 11.6 Å². The molecule has 1 aromatic carbocycles. The van der Waals surface area contributed by atoms with Gasteiger partial charge in [0, 0.05) is 24.8 Å². The second-order valence-electron chi connectivity index (χ2n) is 7.19. The number of para-hydroxylation sites is 1. The first-order chi connectivity index (χ1) is 13.5. The molecule has 1 atom stereocenters. The molecule has 1 aliphatic heterocycles. The minimum atomic E-state index is -0.526. The van der Waals surface area contributed by atoms with Gasteiger partial charge in [-0.1, -0.05) is 19.1 Å². The maximum absolute atomic E-state index is 10.2. The minimum Gasteiger partial charge on any atom is -0.507 e. The largest absolute Gasteiger partial charge is 0.507 e. The van der Waals surface area contributed by atoms with Gasteiger partial charge in [-0.2, -0.15) is 5.10 Å². The summed E-state index contributed by atoms with van der Waals surface area (Å²) in [6.45, 7) is 6.22. The number of aliphatic hydroxyl groups is 1. The lowest BCUT2D eigenvalue weighted by molar-refractivity contribution is 0.168. The van der Waals surface area contributed by atoms with Crippen LogP contribution in [0, 0.1) is 6.92 Å². The van der Waals surface area contributed by atoms with Crippen LogP contribution in [0.4, 0.5) is 5.82 Å². The summed E-state index contributed by atoms with van der Waals surface area (Å²) >= 11 is 0. The Labute approximate surface area is 164 Å². The summed E-state index contributed by atoms with van der Waals surface area (Å²) in [6.07, 6.45) is 1.06. The van der Waals surface area contributed by atoms with Crippen LogP contribution in [0.15, 0.2) is 36.4 Å². The van der Waals surface area contributed by atoms with Crippen molar-refractivity contribution < 1.29 is 10.2 Å². The summed E-state index contributed by atoms with van der Waals surface area (Å²) in [5.74, 6) is 1.53. The fraction of sp³-hybridized carbons (Fsp3) is 0.381. The monoisotopic (exact) mass is 379 g/mol. The van der Waals surface area contributed by atoms with Crippen molar-refractivity contribution in [1.29, 1.82) is 0 Å². The van der Waals surface area contributed by atoms with Gasteiger partial charge in [-0.25, -0.2) is 9.97 Å². The molecule has 0 aliphatic carbocycles. The summed E-state index contributed by atoms with van der Waals surface area (Å²) in [5.41, 5.74) is 3.28. The first kappa shape index (κ1) is 18.4. The van der Waals surface area contributed by atoms with Gasteiger partial charge in [0.15, 0.2) is 5.82 Å². The zero-order chi connectivity index (χ0) is 19.7. The zero-order valence-electron chi connectivity index (χ0n) is 16.2. The molecule has 3 heterocycles. The molecule has 0 fully saturated rings. The summed E-state index contributed by atoms with van der Waals surface area (Å²) < 4.78 is 1.99. The number of nitrogens with zero attached hydrogens (tertiary/aromatic N) is 5. The number of rotatable bonds is 4. The molecule has 2 aromatic heterocycles. The lowest BCUT2D eigenvalue weighted by atomic mass is 10.2. The third-order valence-electron chi connectivity index (χ3n) is 5.07. The van der Waals surface area contributed by atoms with E-state index < -0.39 is 6.10 Å². The normalized spacial score (nSPS) is 15.2. The van der Waals surface area contributed by atoms with Gasteiger partial charge in [0.25, 0.3) is 0 Å². The second-order valence-corrected chi connectivity index (χ2v) is 7.19. The molecule has 7 heteroatoms. The number of hydrogen-bond donors (Lipinski definition) is 2. The van der Waals surface area contributed by atoms with Crippen LogP contribution in [0.5, 0.6) is 5.75 Å². The Balaban J connectivity index is 1.67. The van der Waals surface area contributed by atoms with E-state index in [1.807, 2.05) is 42.8 Å². The van der Waals surface area contributed by atoms with E-state index in [4.69, 9.17) is 4.98 Å². The molecule has 0 unspecified atom stereocenters. The van der Waals surface area contributed by atoms with Crippen LogP contribution >= 0.6 is 0 Å². The molecule has 0 saturated carbocycles. The van der Waals surface area contributed by atoms with E-state index in [0.717, 1.165) is 42.4 Å². The van der Waals surface area contributed by atoms with Crippen LogP contribution in [-0.2, 0) is 13.1 Å². The highest BCUT2D eigenvalue weighted by atomic mass is 16.3. The molecule has 146 valence electrons. The van der Waals surface area contributed by atoms with E-state index in [9.17, 15) is 10.2 Å². The number of fused-ring (bicyclic) bond motifs is 1. The topological polar surface area (TPSA) is 87.3 Å². The Morgan fingerprint density at radius 3 is 2.75 bits per heavy atom. The number of phenolic OH excluding ortho intramolecular Hbond substituents is 1. The van der Waals surface area contributed by atoms with Crippen LogP contribution < -0.4 is 4.90 Å². The van der Waals surface area contributed by atoms with E-state index in [0.29, 0.717) is 24.4 Å². The van der Waals surface area contributed by atoms with Crippen LogP contribution in [0.25, 0.3) is 11.4 Å². The van der Waals surface area contributed by atoms with Gasteiger partial charge >= 0.3 is 0 Å². The Kier molecular flexibility index (Phi) is 5.00. The van der Waals surface area contributed by atoms with Crippen LogP contribution in [-0.4, -0.2) is 36.5 Å². The average Bonchev–Trinajstić information content (AvgIpc) is 2.98. The quantitative estimate of drug-likeness (QED) is 0.724. The van der Waals surface area contributed by atoms with Crippen molar-refractivity contribution >= 4 is 5.82 Å². The third kappa shape index (κ3) is 3.57. The molecule has 4 rings (SSSR count). The van der Waals surface area contributed by atoms with Crippen LogP contribution in [0.1, 0.15) is 43.0 Å². The minimum absolute atomic E-state index is 0.172. The van der Waals surface area contributed by atoms with E-state index >= 15 is 0 Å². The maximum atomic E-state index is 10.2. The molecule has 2 N–H and O–H groups in total. The van der Waals surface area contributed by atoms with E-state index in [1.165, 1.54) is 0 Å². The zero-order valence-corrected chi connectivity index (χ0v) is 16.2. The van der Waals surface area contributed by atoms with Gasteiger partial charge in [-0.15, -0.1) is 0 Å². The summed E-state index contributed by atoms with van der Waals surface area (Å²) in [4.78, 5) is 11.5. The maximum Gasteiger partial charge on any atom is 0.165 e. The third-order valence-corrected chi connectivity index (χ3v) is 5.07. The number of benzene rings is 1. The first-order valence-electron chi connectivity index (χ1n) is 9.69. The van der Waals surface area contributed by atoms with Crippen molar-refractivity contribution in [2.24, 2.45) is 0 Å². The number of aliphatic hydroxyl groups excluding tert-OH is 1. The fourth-order valence-corrected chi connectivity index (χ4v) is 3.55. The van der Waals surface area contributed by atoms with Crippen molar-refractivity contribution in [2.45, 2.75) is 45.9 Å². The van der Waals surface area contributed by atoms with Crippen molar-refractivity contribution in [3.05, 3.63) is 53.5 Å². The van der Waals surface area contributed by atoms with Crippen molar-refractivity contribution in [3.63, 3.8) is 0 Å². The molecule has 1 aliphatic rings. The Morgan fingerprint density at radius 2 is 1.96 bits per heavy atom. The molecule has 0 radical (unpaired) electrons. The number of hydrogen-bond acceptors (Lipinski definition) is 6. The smallest absolute Gasteiger partial charge is 0.165 e. The number of phenols is 1. The highest BCUT2D eigenvalue weighted by molar-refractivity contribution is 5.65. The first-order valence-corrected chi connectivity index (χ1v) is 9.69. The second kappa shape index (κ2) is 7.59. The standard InChI is InChI=1S/C21H25N5O2/c1-3-18(27)17-12-15-13-25(9-6-10-26(15)24-17)20-11-14(2)22-21(23-20)16-7-4-5-8-19(16)28/h4-5,7-8,11-12,18,27-28H,3,6,9-10,13H2,1-2H3/t18-/m0/s1. The van der Waals surface area contributed by atoms with Crippen LogP contribution in [0.3, 0.4) is 0 Å². The molecule has 3 aromatic rings. The van der Waals surface area contributed by atoms with Crippen molar-refractivity contribution in [2.75, 3.05) is 11.4 Å². The molecular formula is C21H25N5O2. The number of anilines is 1. The molecule has 0 amide bonds. The molecule has 0 bridgehead atoms. The summed E-state index contributed by atoms with van der Waals surface area (Å²) in [5, 5.41) is 24.9. The number of aromatic nitrogens is 4. The van der Waals surface area contributed by atoms with Gasteiger partial charge in [-0.3, -0.25) is 4.68 Å². The highest BCUT2D eigenvalue weighted by Crippen LogP contribution is 2.29. The number of aryl methyl sites for hydroxylation is 2. The average molecular weight is 379 g/mol. The molecule has 28 heavy (non-hydrogen) atoms. The van der Waals surface area contributed by atoms with E-state index in [-0.39, 0.29) is 5.75 Å². The SMILES string of the molecule is CC[C@H](O)c1cc2n(n1)CCCN(c1cc(C)nc(-c3ccccc3O)n1)C2. The predicted molar refractivity (Wildman–Crippen MR) is 107 cm³/mol.